The number of hydrogen-bond donors (Lipinski definition) is 1. The van der Waals surface area contributed by atoms with Gasteiger partial charge < -0.3 is 4.90 Å². The van der Waals surface area contributed by atoms with E-state index in [0.29, 0.717) is 23.8 Å². The van der Waals surface area contributed by atoms with Crippen LogP contribution >= 0.6 is 11.3 Å². The van der Waals surface area contributed by atoms with Crippen LogP contribution < -0.4 is 4.72 Å². The number of rotatable bonds is 6. The standard InChI is InChI=1S/C18H21N3O3S2/c22-17(8-7-15-4-1-9-19-12-15)21-10-2-5-16(14-21)13-20-26(23,24)18-6-3-11-25-18/h1,3-4,6-9,11-12,16,20H,2,5,10,13-14H2/b8-7+. The molecule has 1 amide bonds. The fourth-order valence-corrected chi connectivity index (χ4v) is 5.05. The molecule has 8 heteroatoms. The van der Waals surface area contributed by atoms with Crippen molar-refractivity contribution in [2.24, 2.45) is 5.92 Å². The molecule has 1 aliphatic heterocycles. The van der Waals surface area contributed by atoms with Gasteiger partial charge in [0.2, 0.25) is 15.9 Å². The zero-order chi connectivity index (χ0) is 18.4. The molecular formula is C18H21N3O3S2. The van der Waals surface area contributed by atoms with Crippen LogP contribution in [0.25, 0.3) is 6.08 Å². The minimum atomic E-state index is -3.46. The largest absolute Gasteiger partial charge is 0.339 e. The maximum Gasteiger partial charge on any atom is 0.250 e. The van der Waals surface area contributed by atoms with E-state index in [9.17, 15) is 13.2 Å². The number of thiophene rings is 1. The fraction of sp³-hybridized carbons (Fsp3) is 0.333. The summed E-state index contributed by atoms with van der Waals surface area (Å²) >= 11 is 1.20. The molecule has 0 aliphatic carbocycles. The first kappa shape index (κ1) is 18.8. The minimum absolute atomic E-state index is 0.0559. The number of piperidine rings is 1. The molecular weight excluding hydrogens is 370 g/mol. The first-order valence-corrected chi connectivity index (χ1v) is 10.8. The molecule has 1 fully saturated rings. The molecule has 1 atom stereocenters. The first-order valence-electron chi connectivity index (χ1n) is 8.45. The number of amides is 1. The van der Waals surface area contributed by atoms with E-state index >= 15 is 0 Å². The summed E-state index contributed by atoms with van der Waals surface area (Å²) in [5.41, 5.74) is 0.873. The highest BCUT2D eigenvalue weighted by molar-refractivity contribution is 7.91. The molecule has 2 aromatic rings. The maximum atomic E-state index is 12.4. The number of carbonyl (C=O) groups excluding carboxylic acids is 1. The summed E-state index contributed by atoms with van der Waals surface area (Å²) in [5.74, 6) is 0.0638. The number of sulfonamides is 1. The highest BCUT2D eigenvalue weighted by Crippen LogP contribution is 2.19. The second-order valence-electron chi connectivity index (χ2n) is 6.20. The van der Waals surface area contributed by atoms with Crippen LogP contribution in [0, 0.1) is 5.92 Å². The maximum absolute atomic E-state index is 12.4. The number of likely N-dealkylation sites (tertiary alicyclic amines) is 1. The molecule has 138 valence electrons. The van der Waals surface area contributed by atoms with Crippen molar-refractivity contribution in [3.63, 3.8) is 0 Å². The van der Waals surface area contributed by atoms with Crippen molar-refractivity contribution in [1.29, 1.82) is 0 Å². The number of hydrogen-bond acceptors (Lipinski definition) is 5. The van der Waals surface area contributed by atoms with Crippen LogP contribution in [0.1, 0.15) is 18.4 Å². The van der Waals surface area contributed by atoms with Gasteiger partial charge in [-0.1, -0.05) is 12.1 Å². The van der Waals surface area contributed by atoms with Gasteiger partial charge in [0, 0.05) is 38.1 Å². The van der Waals surface area contributed by atoms with Crippen molar-refractivity contribution in [3.05, 3.63) is 53.7 Å². The van der Waals surface area contributed by atoms with E-state index < -0.39 is 10.0 Å². The molecule has 1 unspecified atom stereocenters. The van der Waals surface area contributed by atoms with E-state index in [2.05, 4.69) is 9.71 Å². The molecule has 2 aromatic heterocycles. The number of pyridine rings is 1. The Bertz CT molecular complexity index is 849. The minimum Gasteiger partial charge on any atom is -0.339 e. The van der Waals surface area contributed by atoms with Gasteiger partial charge in [-0.25, -0.2) is 13.1 Å². The van der Waals surface area contributed by atoms with Crippen LogP contribution in [0.2, 0.25) is 0 Å². The van der Waals surface area contributed by atoms with E-state index in [0.717, 1.165) is 18.4 Å². The zero-order valence-corrected chi connectivity index (χ0v) is 15.9. The summed E-state index contributed by atoms with van der Waals surface area (Å²) in [6, 6.07) is 7.01. The molecule has 1 aliphatic rings. The van der Waals surface area contributed by atoms with Gasteiger partial charge in [-0.05, 0) is 47.9 Å². The molecule has 0 radical (unpaired) electrons. The number of nitrogens with one attached hydrogen (secondary N) is 1. The third-order valence-electron chi connectivity index (χ3n) is 4.26. The smallest absolute Gasteiger partial charge is 0.250 e. The average Bonchev–Trinajstić information content (AvgIpc) is 3.21. The Morgan fingerprint density at radius 1 is 1.38 bits per heavy atom. The predicted molar refractivity (Wildman–Crippen MR) is 102 cm³/mol. The summed E-state index contributed by atoms with van der Waals surface area (Å²) in [6.45, 7) is 1.60. The molecule has 0 bridgehead atoms. The van der Waals surface area contributed by atoms with Crippen molar-refractivity contribution in [3.8, 4) is 0 Å². The lowest BCUT2D eigenvalue weighted by molar-refractivity contribution is -0.127. The Hall–Kier alpha value is -2.03. The predicted octanol–water partition coefficient (Wildman–Crippen LogP) is 2.37. The molecule has 3 heterocycles. The van der Waals surface area contributed by atoms with E-state index in [-0.39, 0.29) is 11.8 Å². The van der Waals surface area contributed by atoms with E-state index in [1.165, 1.54) is 11.3 Å². The highest BCUT2D eigenvalue weighted by Gasteiger charge is 2.24. The monoisotopic (exact) mass is 391 g/mol. The quantitative estimate of drug-likeness (QED) is 0.767. The third-order valence-corrected chi connectivity index (χ3v) is 7.08. The van der Waals surface area contributed by atoms with Gasteiger partial charge >= 0.3 is 0 Å². The average molecular weight is 392 g/mol. The lowest BCUT2D eigenvalue weighted by atomic mass is 9.98. The first-order chi connectivity index (χ1) is 12.5. The Labute approximate surface area is 157 Å². The van der Waals surface area contributed by atoms with Crippen molar-refractivity contribution in [2.45, 2.75) is 17.1 Å². The molecule has 0 saturated carbocycles. The van der Waals surface area contributed by atoms with Gasteiger partial charge in [0.15, 0.2) is 0 Å². The van der Waals surface area contributed by atoms with Crippen LogP contribution in [-0.2, 0) is 14.8 Å². The van der Waals surface area contributed by atoms with Crippen LogP contribution in [0.3, 0.4) is 0 Å². The van der Waals surface area contributed by atoms with E-state index in [1.54, 1.807) is 47.0 Å². The molecule has 3 rings (SSSR count). The fourth-order valence-electron chi connectivity index (χ4n) is 2.89. The molecule has 6 nitrogen and oxygen atoms in total. The number of carbonyl (C=O) groups is 1. The normalized spacial score (nSPS) is 18.3. The van der Waals surface area contributed by atoms with E-state index in [4.69, 9.17) is 0 Å². The van der Waals surface area contributed by atoms with Gasteiger partial charge in [0.25, 0.3) is 0 Å². The summed E-state index contributed by atoms with van der Waals surface area (Å²) < 4.78 is 27.4. The van der Waals surface area contributed by atoms with Crippen molar-refractivity contribution in [1.82, 2.24) is 14.6 Å². The number of nitrogens with zero attached hydrogens (tertiary/aromatic N) is 2. The Kier molecular flexibility index (Phi) is 6.18. The Balaban J connectivity index is 1.54. The topological polar surface area (TPSA) is 79.4 Å². The van der Waals surface area contributed by atoms with Gasteiger partial charge in [0.1, 0.15) is 4.21 Å². The second-order valence-corrected chi connectivity index (χ2v) is 9.14. The Morgan fingerprint density at radius 2 is 2.27 bits per heavy atom. The highest BCUT2D eigenvalue weighted by atomic mass is 32.2. The van der Waals surface area contributed by atoms with Crippen molar-refractivity contribution >= 4 is 33.3 Å². The third kappa shape index (κ3) is 5.00. The Morgan fingerprint density at radius 3 is 3.00 bits per heavy atom. The lowest BCUT2D eigenvalue weighted by Gasteiger charge is -2.32. The van der Waals surface area contributed by atoms with Crippen molar-refractivity contribution in [2.75, 3.05) is 19.6 Å². The zero-order valence-electron chi connectivity index (χ0n) is 14.2. The summed E-state index contributed by atoms with van der Waals surface area (Å²) in [5, 5.41) is 1.74. The van der Waals surface area contributed by atoms with Crippen LogP contribution in [-0.4, -0.2) is 43.8 Å². The van der Waals surface area contributed by atoms with Gasteiger partial charge in [-0.15, -0.1) is 11.3 Å². The SMILES string of the molecule is O=C(/C=C/c1cccnc1)N1CCCC(CNS(=O)(=O)c2cccs2)C1. The van der Waals surface area contributed by atoms with Crippen LogP contribution in [0.5, 0.6) is 0 Å². The molecule has 0 aromatic carbocycles. The van der Waals surface area contributed by atoms with Gasteiger partial charge in [-0.3, -0.25) is 9.78 Å². The molecule has 1 saturated heterocycles. The summed E-state index contributed by atoms with van der Waals surface area (Å²) in [6.07, 6.45) is 8.46. The van der Waals surface area contributed by atoms with Crippen molar-refractivity contribution < 1.29 is 13.2 Å². The van der Waals surface area contributed by atoms with Crippen LogP contribution in [0.15, 0.2) is 52.3 Å². The second kappa shape index (κ2) is 8.57. The van der Waals surface area contributed by atoms with Gasteiger partial charge in [0.05, 0.1) is 0 Å². The molecule has 26 heavy (non-hydrogen) atoms. The number of aromatic nitrogens is 1. The van der Waals surface area contributed by atoms with E-state index in [1.807, 2.05) is 12.1 Å². The molecule has 0 spiro atoms. The van der Waals surface area contributed by atoms with Gasteiger partial charge in [-0.2, -0.15) is 0 Å². The van der Waals surface area contributed by atoms with Crippen LogP contribution in [0.4, 0.5) is 0 Å². The molecule has 1 N–H and O–H groups in total. The summed E-state index contributed by atoms with van der Waals surface area (Å²) in [7, 11) is -3.46. The summed E-state index contributed by atoms with van der Waals surface area (Å²) in [4.78, 5) is 18.2. The lowest BCUT2D eigenvalue weighted by Crippen LogP contribution is -2.43.